The molecule has 0 aromatic carbocycles. The summed E-state index contributed by atoms with van der Waals surface area (Å²) in [5.41, 5.74) is -1.22. The highest BCUT2D eigenvalue weighted by molar-refractivity contribution is 7.15. The van der Waals surface area contributed by atoms with Gasteiger partial charge in [0, 0.05) is 17.8 Å². The van der Waals surface area contributed by atoms with Gasteiger partial charge in [-0.2, -0.15) is 13.2 Å². The molecule has 0 bridgehead atoms. The number of carbonyl (C=O) groups excluding carboxylic acids is 1. The first kappa shape index (κ1) is 19.3. The third-order valence-electron chi connectivity index (χ3n) is 3.76. The maximum atomic E-state index is 12.7. The number of nitrogens with zero attached hydrogens (tertiary/aromatic N) is 3. The van der Waals surface area contributed by atoms with Crippen molar-refractivity contribution in [2.24, 2.45) is 0 Å². The second-order valence-corrected chi connectivity index (χ2v) is 6.76. The first-order chi connectivity index (χ1) is 12.7. The highest BCUT2D eigenvalue weighted by atomic mass is 35.5. The standard InChI is InChI=1S/C16H12ClF3N4O2S/c1-2-10-12(14(26)24-3-4-27-15(24)23-10)13(25)22-7-11-9(17)5-8(6-21-11)16(18,19)20/h3-6H,2,7H2,1H3,(H,22,25). The van der Waals surface area contributed by atoms with Gasteiger partial charge in [0.2, 0.25) is 0 Å². The van der Waals surface area contributed by atoms with E-state index in [2.05, 4.69) is 15.3 Å². The lowest BCUT2D eigenvalue weighted by Gasteiger charge is -2.11. The topological polar surface area (TPSA) is 76.4 Å². The van der Waals surface area contributed by atoms with E-state index in [0.29, 0.717) is 23.3 Å². The van der Waals surface area contributed by atoms with Crippen LogP contribution in [0.3, 0.4) is 0 Å². The summed E-state index contributed by atoms with van der Waals surface area (Å²) < 4.78 is 39.2. The van der Waals surface area contributed by atoms with Crippen LogP contribution < -0.4 is 10.9 Å². The molecule has 3 aromatic heterocycles. The monoisotopic (exact) mass is 416 g/mol. The molecule has 0 unspecified atom stereocenters. The first-order valence-corrected chi connectivity index (χ1v) is 8.96. The Morgan fingerprint density at radius 3 is 2.74 bits per heavy atom. The molecule has 0 fully saturated rings. The molecule has 6 nitrogen and oxygen atoms in total. The van der Waals surface area contributed by atoms with Gasteiger partial charge < -0.3 is 5.32 Å². The van der Waals surface area contributed by atoms with Crippen LogP contribution in [0.1, 0.15) is 34.2 Å². The maximum Gasteiger partial charge on any atom is 0.417 e. The van der Waals surface area contributed by atoms with E-state index >= 15 is 0 Å². The number of carbonyl (C=O) groups is 1. The first-order valence-electron chi connectivity index (χ1n) is 7.71. The molecule has 0 spiro atoms. The largest absolute Gasteiger partial charge is 0.417 e. The summed E-state index contributed by atoms with van der Waals surface area (Å²) in [5, 5.41) is 3.91. The Morgan fingerprint density at radius 2 is 2.11 bits per heavy atom. The van der Waals surface area contributed by atoms with Gasteiger partial charge in [0.1, 0.15) is 5.56 Å². The molecule has 1 N–H and O–H groups in total. The summed E-state index contributed by atoms with van der Waals surface area (Å²) in [7, 11) is 0. The number of aryl methyl sites for hydroxylation is 1. The average Bonchev–Trinajstić information content (AvgIpc) is 3.08. The Bertz CT molecular complexity index is 1080. The van der Waals surface area contributed by atoms with E-state index in [1.807, 2.05) is 0 Å². The van der Waals surface area contributed by atoms with Gasteiger partial charge >= 0.3 is 6.18 Å². The summed E-state index contributed by atoms with van der Waals surface area (Å²) >= 11 is 7.10. The highest BCUT2D eigenvalue weighted by Crippen LogP contribution is 2.31. The van der Waals surface area contributed by atoms with Crippen LogP contribution in [0.15, 0.2) is 28.6 Å². The number of thiazole rings is 1. The van der Waals surface area contributed by atoms with Crippen LogP contribution in [0.5, 0.6) is 0 Å². The molecule has 0 radical (unpaired) electrons. The summed E-state index contributed by atoms with van der Waals surface area (Å²) in [6, 6.07) is 0.737. The fourth-order valence-electron chi connectivity index (χ4n) is 2.41. The minimum atomic E-state index is -4.56. The Balaban J connectivity index is 1.86. The van der Waals surface area contributed by atoms with Gasteiger partial charge in [0.15, 0.2) is 4.96 Å². The lowest BCUT2D eigenvalue weighted by Crippen LogP contribution is -2.33. The van der Waals surface area contributed by atoms with Gasteiger partial charge in [-0.25, -0.2) is 4.98 Å². The predicted octanol–water partition coefficient (Wildman–Crippen LogP) is 3.32. The van der Waals surface area contributed by atoms with Crippen molar-refractivity contribution in [3.05, 3.63) is 61.7 Å². The zero-order valence-corrected chi connectivity index (χ0v) is 15.4. The lowest BCUT2D eigenvalue weighted by molar-refractivity contribution is -0.137. The van der Waals surface area contributed by atoms with Gasteiger partial charge in [-0.05, 0) is 12.5 Å². The molecule has 27 heavy (non-hydrogen) atoms. The molecule has 0 saturated carbocycles. The number of hydrogen-bond donors (Lipinski definition) is 1. The molecule has 0 atom stereocenters. The summed E-state index contributed by atoms with van der Waals surface area (Å²) in [6.45, 7) is 1.53. The molecule has 0 aliphatic rings. The summed E-state index contributed by atoms with van der Waals surface area (Å²) in [4.78, 5) is 33.5. The number of alkyl halides is 3. The van der Waals surface area contributed by atoms with E-state index in [1.54, 1.807) is 12.3 Å². The molecule has 1 amide bonds. The van der Waals surface area contributed by atoms with Crippen molar-refractivity contribution in [3.63, 3.8) is 0 Å². The van der Waals surface area contributed by atoms with Gasteiger partial charge in [-0.3, -0.25) is 19.0 Å². The minimum Gasteiger partial charge on any atom is -0.346 e. The van der Waals surface area contributed by atoms with Crippen LogP contribution in [-0.4, -0.2) is 20.3 Å². The van der Waals surface area contributed by atoms with Crippen molar-refractivity contribution in [2.45, 2.75) is 26.1 Å². The van der Waals surface area contributed by atoms with E-state index in [-0.39, 0.29) is 22.8 Å². The fourth-order valence-corrected chi connectivity index (χ4v) is 3.37. The zero-order chi connectivity index (χ0) is 19.8. The number of hydrogen-bond acceptors (Lipinski definition) is 5. The molecule has 142 valence electrons. The fraction of sp³-hybridized carbons (Fsp3) is 0.250. The minimum absolute atomic E-state index is 0.0562. The third kappa shape index (κ3) is 3.81. The van der Waals surface area contributed by atoms with E-state index in [1.165, 1.54) is 21.9 Å². The molecule has 3 heterocycles. The number of amides is 1. The van der Waals surface area contributed by atoms with Crippen LogP contribution in [0, 0.1) is 0 Å². The quantitative estimate of drug-likeness (QED) is 0.708. The second-order valence-electron chi connectivity index (χ2n) is 5.48. The van der Waals surface area contributed by atoms with Crippen LogP contribution in [-0.2, 0) is 19.1 Å². The SMILES string of the molecule is CCc1nc2sccn2c(=O)c1C(=O)NCc1ncc(C(F)(F)F)cc1Cl. The number of pyridine rings is 1. The molecule has 3 rings (SSSR count). The van der Waals surface area contributed by atoms with Crippen molar-refractivity contribution in [2.75, 3.05) is 0 Å². The van der Waals surface area contributed by atoms with Crippen molar-refractivity contribution in [1.82, 2.24) is 19.7 Å². The Hall–Kier alpha value is -2.46. The number of halogens is 4. The maximum absolute atomic E-state index is 12.7. The normalized spacial score (nSPS) is 11.7. The van der Waals surface area contributed by atoms with Crippen molar-refractivity contribution in [1.29, 1.82) is 0 Å². The highest BCUT2D eigenvalue weighted by Gasteiger charge is 2.31. The number of rotatable bonds is 4. The van der Waals surface area contributed by atoms with E-state index in [0.717, 1.165) is 6.07 Å². The van der Waals surface area contributed by atoms with E-state index < -0.39 is 23.2 Å². The van der Waals surface area contributed by atoms with Gasteiger partial charge in [-0.15, -0.1) is 11.3 Å². The molecule has 0 aliphatic carbocycles. The molecule has 11 heteroatoms. The second kappa shape index (κ2) is 7.28. The molecule has 0 aliphatic heterocycles. The number of fused-ring (bicyclic) bond motifs is 1. The predicted molar refractivity (Wildman–Crippen MR) is 94.1 cm³/mol. The molecular weight excluding hydrogens is 405 g/mol. The van der Waals surface area contributed by atoms with Gasteiger partial charge in [0.05, 0.1) is 28.5 Å². The Kier molecular flexibility index (Phi) is 5.20. The van der Waals surface area contributed by atoms with E-state index in [9.17, 15) is 22.8 Å². The van der Waals surface area contributed by atoms with Crippen LogP contribution in [0.25, 0.3) is 4.96 Å². The zero-order valence-electron chi connectivity index (χ0n) is 13.8. The van der Waals surface area contributed by atoms with Crippen molar-refractivity contribution < 1.29 is 18.0 Å². The summed E-state index contributed by atoms with van der Waals surface area (Å²) in [5.74, 6) is -0.692. The third-order valence-corrected chi connectivity index (χ3v) is 4.85. The van der Waals surface area contributed by atoms with Crippen LogP contribution >= 0.6 is 22.9 Å². The lowest BCUT2D eigenvalue weighted by atomic mass is 10.1. The molecule has 3 aromatic rings. The smallest absolute Gasteiger partial charge is 0.346 e. The molecule has 0 saturated heterocycles. The number of nitrogens with one attached hydrogen (secondary N) is 1. The average molecular weight is 417 g/mol. The Morgan fingerprint density at radius 1 is 1.37 bits per heavy atom. The Labute approximate surface area is 159 Å². The summed E-state index contributed by atoms with van der Waals surface area (Å²) in [6.07, 6.45) is -2.05. The van der Waals surface area contributed by atoms with Crippen molar-refractivity contribution in [3.8, 4) is 0 Å². The van der Waals surface area contributed by atoms with Crippen LogP contribution in [0.2, 0.25) is 5.02 Å². The van der Waals surface area contributed by atoms with Gasteiger partial charge in [-0.1, -0.05) is 18.5 Å². The molecular formula is C16H12ClF3N4O2S. The van der Waals surface area contributed by atoms with Crippen molar-refractivity contribution >= 4 is 33.8 Å². The van der Waals surface area contributed by atoms with E-state index in [4.69, 9.17) is 11.6 Å². The number of aromatic nitrogens is 3. The van der Waals surface area contributed by atoms with Crippen LogP contribution in [0.4, 0.5) is 13.2 Å². The van der Waals surface area contributed by atoms with Gasteiger partial charge in [0.25, 0.3) is 11.5 Å².